The summed E-state index contributed by atoms with van der Waals surface area (Å²) in [5, 5.41) is 8.14. The molecule has 200 valence electrons. The fraction of sp³-hybridized carbons (Fsp3) is 0.444. The molecule has 0 aliphatic carbocycles. The number of hydrogen-bond acceptors (Lipinski definition) is 6. The molecule has 0 saturated carbocycles. The van der Waals surface area contributed by atoms with E-state index in [2.05, 4.69) is 28.6 Å². The molecule has 37 heavy (non-hydrogen) atoms. The summed E-state index contributed by atoms with van der Waals surface area (Å²) < 4.78 is 5.20. The van der Waals surface area contributed by atoms with E-state index in [1.54, 1.807) is 19.2 Å². The topological polar surface area (TPSA) is 123 Å². The Bertz CT molecular complexity index is 1110. The van der Waals surface area contributed by atoms with Gasteiger partial charge in [0.1, 0.15) is 11.8 Å². The van der Waals surface area contributed by atoms with E-state index in [1.807, 2.05) is 44.2 Å². The van der Waals surface area contributed by atoms with Gasteiger partial charge in [-0.15, -0.1) is 0 Å². The molecule has 0 bridgehead atoms. The molecule has 8 nitrogen and oxygen atoms in total. The van der Waals surface area contributed by atoms with Crippen molar-refractivity contribution in [2.24, 2.45) is 17.6 Å². The normalized spacial score (nSPS) is 17.6. The average molecular weight is 547 g/mol. The van der Waals surface area contributed by atoms with Crippen LogP contribution in [0.3, 0.4) is 0 Å². The summed E-state index contributed by atoms with van der Waals surface area (Å²) in [6, 6.07) is 11.4. The fourth-order valence-electron chi connectivity index (χ4n) is 4.34. The number of ether oxygens (including phenoxy) is 1. The summed E-state index contributed by atoms with van der Waals surface area (Å²) in [6.45, 7) is 4.54. The molecule has 2 aromatic rings. The van der Waals surface area contributed by atoms with E-state index >= 15 is 0 Å². The number of methoxy groups -OCH3 is 1. The molecule has 0 spiro atoms. The molecule has 1 aliphatic rings. The van der Waals surface area contributed by atoms with E-state index in [0.29, 0.717) is 25.8 Å². The van der Waals surface area contributed by atoms with Crippen molar-refractivity contribution in [3.05, 3.63) is 53.1 Å². The Kier molecular flexibility index (Phi) is 10.3. The van der Waals surface area contributed by atoms with Crippen molar-refractivity contribution in [1.82, 2.24) is 16.0 Å². The van der Waals surface area contributed by atoms with Crippen molar-refractivity contribution >= 4 is 42.0 Å². The Labute approximate surface area is 228 Å². The van der Waals surface area contributed by atoms with Crippen LogP contribution in [0.2, 0.25) is 5.02 Å². The minimum atomic E-state index is -0.809. The van der Waals surface area contributed by atoms with Crippen LogP contribution >= 0.6 is 24.2 Å². The Morgan fingerprint density at radius 1 is 1.16 bits per heavy atom. The van der Waals surface area contributed by atoms with Gasteiger partial charge in [-0.05, 0) is 60.6 Å². The van der Waals surface area contributed by atoms with Crippen LogP contribution in [0.4, 0.5) is 0 Å². The quantitative estimate of drug-likeness (QED) is 0.218. The van der Waals surface area contributed by atoms with Crippen molar-refractivity contribution in [3.8, 4) is 16.9 Å². The van der Waals surface area contributed by atoms with Crippen LogP contribution in [0.25, 0.3) is 11.1 Å². The number of amides is 3. The van der Waals surface area contributed by atoms with E-state index in [1.165, 1.54) is 0 Å². The van der Waals surface area contributed by atoms with Crippen LogP contribution in [0.1, 0.15) is 43.5 Å². The second-order valence-electron chi connectivity index (χ2n) is 9.70. The van der Waals surface area contributed by atoms with Crippen LogP contribution < -0.4 is 26.4 Å². The van der Waals surface area contributed by atoms with E-state index < -0.39 is 23.4 Å². The Morgan fingerprint density at radius 3 is 2.38 bits per heavy atom. The molecule has 3 rings (SSSR count). The SMILES string of the molecule is COc1ccc(-c2ccc(C(=O)N[C@@H](CC(C)C)C(=O)N[C@@H](C[C@@H]3CCNC3=O)[C@@H](N)S)c(Cl)c2)cc1. The number of carbonyl (C=O) groups is 3. The number of halogens is 1. The fourth-order valence-corrected chi connectivity index (χ4v) is 4.81. The second-order valence-corrected chi connectivity index (χ2v) is 10.7. The van der Waals surface area contributed by atoms with Gasteiger partial charge in [0.2, 0.25) is 11.8 Å². The number of thiol groups is 1. The van der Waals surface area contributed by atoms with Gasteiger partial charge < -0.3 is 26.4 Å². The second kappa shape index (κ2) is 13.2. The van der Waals surface area contributed by atoms with Crippen LogP contribution in [0, 0.1) is 11.8 Å². The average Bonchev–Trinajstić information content (AvgIpc) is 3.26. The van der Waals surface area contributed by atoms with Crippen molar-refractivity contribution < 1.29 is 19.1 Å². The highest BCUT2D eigenvalue weighted by Crippen LogP contribution is 2.27. The molecule has 1 saturated heterocycles. The largest absolute Gasteiger partial charge is 0.497 e. The van der Waals surface area contributed by atoms with Crippen LogP contribution in [-0.4, -0.2) is 48.8 Å². The smallest absolute Gasteiger partial charge is 0.253 e. The predicted molar refractivity (Wildman–Crippen MR) is 149 cm³/mol. The zero-order valence-corrected chi connectivity index (χ0v) is 22.9. The number of carbonyl (C=O) groups excluding carboxylic acids is 3. The van der Waals surface area contributed by atoms with Crippen LogP contribution in [0.5, 0.6) is 5.75 Å². The summed E-state index contributed by atoms with van der Waals surface area (Å²) in [6.07, 6.45) is 1.48. The third kappa shape index (κ3) is 7.87. The van der Waals surface area contributed by atoms with E-state index in [0.717, 1.165) is 16.9 Å². The molecule has 3 amide bonds. The summed E-state index contributed by atoms with van der Waals surface area (Å²) in [4.78, 5) is 38.4. The van der Waals surface area contributed by atoms with Gasteiger partial charge >= 0.3 is 0 Å². The van der Waals surface area contributed by atoms with Crippen molar-refractivity contribution in [1.29, 1.82) is 0 Å². The molecule has 4 atom stereocenters. The number of rotatable bonds is 11. The number of nitrogens with two attached hydrogens (primary N) is 1. The number of hydrogen-bond donors (Lipinski definition) is 5. The third-order valence-corrected chi connectivity index (χ3v) is 7.08. The lowest BCUT2D eigenvalue weighted by Gasteiger charge is -2.27. The van der Waals surface area contributed by atoms with Crippen molar-refractivity contribution in [3.63, 3.8) is 0 Å². The first-order valence-electron chi connectivity index (χ1n) is 12.4. The number of benzene rings is 2. The lowest BCUT2D eigenvalue weighted by atomic mass is 9.97. The summed E-state index contributed by atoms with van der Waals surface area (Å²) in [5.74, 6) is -0.229. The summed E-state index contributed by atoms with van der Waals surface area (Å²) in [5.41, 5.74) is 8.05. The molecule has 1 fully saturated rings. The first-order chi connectivity index (χ1) is 17.6. The van der Waals surface area contributed by atoms with Gasteiger partial charge in [0, 0.05) is 12.5 Å². The Morgan fingerprint density at radius 2 is 1.84 bits per heavy atom. The summed E-state index contributed by atoms with van der Waals surface area (Å²) in [7, 11) is 1.60. The van der Waals surface area contributed by atoms with Crippen molar-refractivity contribution in [2.75, 3.05) is 13.7 Å². The maximum absolute atomic E-state index is 13.2. The first kappa shape index (κ1) is 28.8. The molecular weight excluding hydrogens is 512 g/mol. The van der Waals surface area contributed by atoms with Gasteiger partial charge in [0.05, 0.1) is 29.1 Å². The highest BCUT2D eigenvalue weighted by atomic mass is 35.5. The maximum Gasteiger partial charge on any atom is 0.253 e. The molecule has 1 heterocycles. The van der Waals surface area contributed by atoms with Crippen molar-refractivity contribution in [2.45, 2.75) is 50.6 Å². The van der Waals surface area contributed by atoms with E-state index in [9.17, 15) is 14.4 Å². The zero-order chi connectivity index (χ0) is 27.1. The zero-order valence-electron chi connectivity index (χ0n) is 21.3. The molecule has 5 N–H and O–H groups in total. The Hall–Kier alpha value is -2.75. The number of nitrogens with one attached hydrogen (secondary N) is 3. The van der Waals surface area contributed by atoms with Crippen LogP contribution in [0.15, 0.2) is 42.5 Å². The predicted octanol–water partition coefficient (Wildman–Crippen LogP) is 3.39. The molecule has 10 heteroatoms. The minimum Gasteiger partial charge on any atom is -0.497 e. The lowest BCUT2D eigenvalue weighted by molar-refractivity contribution is -0.126. The van der Waals surface area contributed by atoms with Gasteiger partial charge in [-0.1, -0.05) is 43.6 Å². The van der Waals surface area contributed by atoms with Gasteiger partial charge in [-0.3, -0.25) is 14.4 Å². The minimum absolute atomic E-state index is 0.0482. The molecule has 0 unspecified atom stereocenters. The van der Waals surface area contributed by atoms with Gasteiger partial charge in [-0.25, -0.2) is 0 Å². The molecule has 1 aliphatic heterocycles. The van der Waals surface area contributed by atoms with Gasteiger partial charge in [-0.2, -0.15) is 12.6 Å². The molecule has 0 aromatic heterocycles. The molecule has 0 radical (unpaired) electrons. The van der Waals surface area contributed by atoms with Gasteiger partial charge in [0.15, 0.2) is 0 Å². The van der Waals surface area contributed by atoms with E-state index in [-0.39, 0.29) is 34.2 Å². The molecule has 2 aromatic carbocycles. The van der Waals surface area contributed by atoms with Gasteiger partial charge in [0.25, 0.3) is 5.91 Å². The summed E-state index contributed by atoms with van der Waals surface area (Å²) >= 11 is 10.8. The van der Waals surface area contributed by atoms with E-state index in [4.69, 9.17) is 22.1 Å². The Balaban J connectivity index is 1.72. The lowest BCUT2D eigenvalue weighted by Crippen LogP contribution is -2.54. The highest BCUT2D eigenvalue weighted by molar-refractivity contribution is 7.80. The highest BCUT2D eigenvalue weighted by Gasteiger charge is 2.32. The third-order valence-electron chi connectivity index (χ3n) is 6.41. The standard InChI is InChI=1S/C27H35ClN4O4S/c1-15(2)12-23(27(35)31-22(24(29)37)14-18-10-11-30-25(18)33)32-26(34)20-9-6-17(13-21(20)28)16-4-7-19(36-3)8-5-16/h4-9,13,15,18,22-24,37H,10-12,14,29H2,1-3H3,(H,30,33)(H,31,35)(H,32,34)/t18-,22-,23-,24-/m0/s1. The monoisotopic (exact) mass is 546 g/mol. The maximum atomic E-state index is 13.2. The van der Waals surface area contributed by atoms with Crippen LogP contribution in [-0.2, 0) is 9.59 Å². The molecular formula is C27H35ClN4O4S. The first-order valence-corrected chi connectivity index (χ1v) is 13.2.